The molecule has 0 bridgehead atoms. The topological polar surface area (TPSA) is 460 Å². The van der Waals surface area contributed by atoms with Crippen molar-refractivity contribution in [1.82, 2.24) is 42.5 Å². The summed E-state index contributed by atoms with van der Waals surface area (Å²) in [4.78, 5) is 153. The number of carboxylic acid groups (broad SMARTS) is 2. The van der Waals surface area contributed by atoms with Gasteiger partial charge in [-0.15, -0.1) is 0 Å². The number of primary amides is 2. The number of aliphatic carboxylic acids is 2. The molecule has 0 aromatic heterocycles. The number of hydrogen-bond donors (Lipinski definition) is 15. The Labute approximate surface area is 380 Å². The molecule has 0 aliphatic rings. The lowest BCUT2D eigenvalue weighted by Gasteiger charge is -2.28. The first-order chi connectivity index (χ1) is 30.4. The standard InChI is InChI=1S/C39H67N11O16/c1-15(2)11-22(46-33(59)21(9-10-28(55)56)45-38(64)30(20(8)52)50-32(58)18(6)44-37(63)29(42)19(7)51)35(61)48-24(14-27(41)54)36(62)47-23(13-26(40)53)34(60)43-17(5)31(57)49-25(39(65)66)12-16(3)4/h15-25,29-30,51-52H,9-14,42H2,1-8H3,(H2,40,53)(H2,41,54)(H,43,60)(H,44,63)(H,45,64)(H,46,59)(H,47,62)(H,48,61)(H,49,57)(H,50,58)(H,55,56)(H,65,66)/t17-,18-,19+,20+,21-,22-,23-,24-,25-,29-,30-/m0/s1. The first-order valence-corrected chi connectivity index (χ1v) is 20.9. The second-order valence-corrected chi connectivity index (χ2v) is 16.6. The van der Waals surface area contributed by atoms with Gasteiger partial charge in [0.1, 0.15) is 54.4 Å². The summed E-state index contributed by atoms with van der Waals surface area (Å²) >= 11 is 0. The molecule has 11 atom stereocenters. The summed E-state index contributed by atoms with van der Waals surface area (Å²) in [5.41, 5.74) is 16.2. The van der Waals surface area contributed by atoms with Crippen molar-refractivity contribution in [3.8, 4) is 0 Å². The van der Waals surface area contributed by atoms with E-state index in [1.54, 1.807) is 27.7 Å². The van der Waals surface area contributed by atoms with Crippen molar-refractivity contribution in [3.05, 3.63) is 0 Å². The van der Waals surface area contributed by atoms with Crippen LogP contribution >= 0.6 is 0 Å². The lowest BCUT2D eigenvalue weighted by molar-refractivity contribution is -0.143. The molecule has 10 amide bonds. The predicted octanol–water partition coefficient (Wildman–Crippen LogP) is -6.21. The second-order valence-electron chi connectivity index (χ2n) is 16.6. The van der Waals surface area contributed by atoms with E-state index < -0.39 is 163 Å². The summed E-state index contributed by atoms with van der Waals surface area (Å²) in [5, 5.41) is 56.7. The van der Waals surface area contributed by atoms with Gasteiger partial charge in [0.2, 0.25) is 59.1 Å². The van der Waals surface area contributed by atoms with E-state index in [4.69, 9.17) is 17.2 Å². The molecule has 0 aromatic carbocycles. The second kappa shape index (κ2) is 28.4. The number of aliphatic hydroxyl groups excluding tert-OH is 2. The van der Waals surface area contributed by atoms with Crippen LogP contribution in [0, 0.1) is 11.8 Å². The highest BCUT2D eigenvalue weighted by molar-refractivity contribution is 6.00. The van der Waals surface area contributed by atoms with Crippen LogP contribution in [0.15, 0.2) is 0 Å². The maximum absolute atomic E-state index is 13.8. The molecular formula is C39H67N11O16. The van der Waals surface area contributed by atoms with Crippen LogP contribution in [-0.2, 0) is 57.5 Å². The number of nitrogens with two attached hydrogens (primary N) is 3. The zero-order chi connectivity index (χ0) is 51.3. The normalized spacial score (nSPS) is 16.1. The Morgan fingerprint density at radius 1 is 0.439 bits per heavy atom. The van der Waals surface area contributed by atoms with Gasteiger partial charge in [0, 0.05) is 6.42 Å². The molecule has 0 spiro atoms. The molecule has 0 aromatic rings. The molecule has 27 heteroatoms. The Bertz CT molecular complexity index is 1780. The summed E-state index contributed by atoms with van der Waals surface area (Å²) in [5.74, 6) is -14.3. The summed E-state index contributed by atoms with van der Waals surface area (Å²) in [7, 11) is 0. The van der Waals surface area contributed by atoms with Crippen molar-refractivity contribution in [2.24, 2.45) is 29.0 Å². The molecule has 0 aliphatic carbocycles. The van der Waals surface area contributed by atoms with E-state index in [0.717, 1.165) is 6.92 Å². The fourth-order valence-electron chi connectivity index (χ4n) is 5.79. The number of nitrogens with one attached hydrogen (secondary N) is 8. The Hall–Kier alpha value is -6.48. The number of carbonyl (C=O) groups is 12. The highest BCUT2D eigenvalue weighted by Crippen LogP contribution is 2.10. The molecule has 374 valence electrons. The summed E-state index contributed by atoms with van der Waals surface area (Å²) in [6.45, 7) is 11.4. The molecule has 66 heavy (non-hydrogen) atoms. The van der Waals surface area contributed by atoms with Gasteiger partial charge in [0.25, 0.3) is 0 Å². The van der Waals surface area contributed by atoms with Gasteiger partial charge < -0.3 is 80.2 Å². The summed E-state index contributed by atoms with van der Waals surface area (Å²) in [6.07, 6.45) is -6.13. The van der Waals surface area contributed by atoms with E-state index in [-0.39, 0.29) is 24.7 Å². The van der Waals surface area contributed by atoms with Crippen LogP contribution in [0.2, 0.25) is 0 Å². The molecule has 0 fully saturated rings. The zero-order valence-electron chi connectivity index (χ0n) is 38.2. The maximum Gasteiger partial charge on any atom is 0.326 e. The van der Waals surface area contributed by atoms with Crippen molar-refractivity contribution in [2.45, 2.75) is 160 Å². The Balaban J connectivity index is 6.42. The molecule has 18 N–H and O–H groups in total. The van der Waals surface area contributed by atoms with Crippen LogP contribution in [0.1, 0.15) is 93.9 Å². The Morgan fingerprint density at radius 2 is 0.803 bits per heavy atom. The van der Waals surface area contributed by atoms with Crippen LogP contribution < -0.4 is 59.7 Å². The zero-order valence-corrected chi connectivity index (χ0v) is 38.2. The summed E-state index contributed by atoms with van der Waals surface area (Å²) < 4.78 is 0. The lowest BCUT2D eigenvalue weighted by Crippen LogP contribution is -2.62. The van der Waals surface area contributed by atoms with Crippen LogP contribution in [-0.4, -0.2) is 158 Å². The number of carbonyl (C=O) groups excluding carboxylic acids is 10. The summed E-state index contributed by atoms with van der Waals surface area (Å²) in [6, 6.07) is -14.3. The van der Waals surface area contributed by atoms with Gasteiger partial charge >= 0.3 is 11.9 Å². The average molecular weight is 946 g/mol. The molecule has 0 saturated heterocycles. The van der Waals surface area contributed by atoms with E-state index in [9.17, 15) is 78.0 Å². The molecule has 0 radical (unpaired) electrons. The molecule has 0 heterocycles. The third-order valence-corrected chi connectivity index (χ3v) is 9.41. The molecule has 0 unspecified atom stereocenters. The van der Waals surface area contributed by atoms with Crippen LogP contribution in [0.4, 0.5) is 0 Å². The van der Waals surface area contributed by atoms with E-state index in [0.29, 0.717) is 0 Å². The molecule has 0 rings (SSSR count). The predicted molar refractivity (Wildman–Crippen MR) is 229 cm³/mol. The van der Waals surface area contributed by atoms with Gasteiger partial charge in [0.05, 0.1) is 25.0 Å². The molecule has 0 saturated carbocycles. The van der Waals surface area contributed by atoms with Gasteiger partial charge in [-0.25, -0.2) is 4.79 Å². The smallest absolute Gasteiger partial charge is 0.326 e. The number of rotatable bonds is 30. The van der Waals surface area contributed by atoms with Crippen molar-refractivity contribution >= 4 is 71.0 Å². The monoisotopic (exact) mass is 945 g/mol. The van der Waals surface area contributed by atoms with E-state index >= 15 is 0 Å². The van der Waals surface area contributed by atoms with Gasteiger partial charge in [-0.05, 0) is 58.8 Å². The Kier molecular flexibility index (Phi) is 25.6. The first-order valence-electron chi connectivity index (χ1n) is 20.9. The fourth-order valence-corrected chi connectivity index (χ4v) is 5.79. The van der Waals surface area contributed by atoms with Crippen molar-refractivity contribution in [2.75, 3.05) is 0 Å². The number of carboxylic acids is 2. The fraction of sp³-hybridized carbons (Fsp3) is 0.692. The number of aliphatic hydroxyl groups is 2. The average Bonchev–Trinajstić information content (AvgIpc) is 3.18. The van der Waals surface area contributed by atoms with E-state index in [2.05, 4.69) is 42.5 Å². The van der Waals surface area contributed by atoms with Crippen LogP contribution in [0.25, 0.3) is 0 Å². The van der Waals surface area contributed by atoms with Crippen LogP contribution in [0.3, 0.4) is 0 Å². The van der Waals surface area contributed by atoms with Crippen molar-refractivity contribution in [3.63, 3.8) is 0 Å². The first kappa shape index (κ1) is 59.5. The molecular weight excluding hydrogens is 878 g/mol. The quantitative estimate of drug-likeness (QED) is 0.0319. The molecule has 0 aliphatic heterocycles. The van der Waals surface area contributed by atoms with Gasteiger partial charge in [-0.2, -0.15) is 0 Å². The third kappa shape index (κ3) is 22.4. The number of amides is 10. The SMILES string of the molecule is CC(C)C[C@H](NC(=O)[C@H](C)NC(=O)[C@H](CC(N)=O)NC(=O)[C@H](CC(N)=O)NC(=O)[C@H](CC(C)C)NC(=O)[C@H](CCC(=O)O)NC(=O)[C@@H](NC(=O)[C@H](C)NC(=O)[C@@H](N)[C@@H](C)O)[C@@H](C)O)C(=O)O. The van der Waals surface area contributed by atoms with Crippen LogP contribution in [0.5, 0.6) is 0 Å². The Morgan fingerprint density at radius 3 is 1.21 bits per heavy atom. The van der Waals surface area contributed by atoms with E-state index in [1.807, 2.05) is 0 Å². The third-order valence-electron chi connectivity index (χ3n) is 9.41. The van der Waals surface area contributed by atoms with Crippen molar-refractivity contribution < 1.29 is 78.0 Å². The maximum atomic E-state index is 13.8. The van der Waals surface area contributed by atoms with Gasteiger partial charge in [0.15, 0.2) is 0 Å². The minimum absolute atomic E-state index is 0.0533. The minimum atomic E-state index is -1.88. The largest absolute Gasteiger partial charge is 0.481 e. The van der Waals surface area contributed by atoms with Gasteiger partial charge in [-0.1, -0.05) is 27.7 Å². The van der Waals surface area contributed by atoms with E-state index in [1.165, 1.54) is 20.8 Å². The number of hydrogen-bond acceptors (Lipinski definition) is 15. The highest BCUT2D eigenvalue weighted by atomic mass is 16.4. The molecule has 27 nitrogen and oxygen atoms in total. The minimum Gasteiger partial charge on any atom is -0.481 e. The van der Waals surface area contributed by atoms with Crippen molar-refractivity contribution in [1.29, 1.82) is 0 Å². The van der Waals surface area contributed by atoms with Gasteiger partial charge in [-0.3, -0.25) is 52.7 Å². The lowest BCUT2D eigenvalue weighted by atomic mass is 10.0. The highest BCUT2D eigenvalue weighted by Gasteiger charge is 2.36.